The van der Waals surface area contributed by atoms with Gasteiger partial charge in [0.15, 0.2) is 0 Å². The zero-order valence-corrected chi connectivity index (χ0v) is 15.3. The minimum atomic E-state index is 0.477. The van der Waals surface area contributed by atoms with Crippen molar-refractivity contribution in [3.05, 3.63) is 0 Å². The van der Waals surface area contributed by atoms with Crippen LogP contribution in [0.15, 0.2) is 0 Å². The highest BCUT2D eigenvalue weighted by Crippen LogP contribution is 2.37. The molecule has 0 radical (unpaired) electrons. The fourth-order valence-corrected chi connectivity index (χ4v) is 5.03. The summed E-state index contributed by atoms with van der Waals surface area (Å²) >= 11 is 0. The van der Waals surface area contributed by atoms with Gasteiger partial charge >= 0.3 is 0 Å². The van der Waals surface area contributed by atoms with Crippen LogP contribution in [0, 0.1) is 23.2 Å². The third-order valence-electron chi connectivity index (χ3n) is 6.21. The van der Waals surface area contributed by atoms with Crippen LogP contribution in [0.2, 0.25) is 0 Å². The van der Waals surface area contributed by atoms with E-state index in [1.54, 1.807) is 0 Å². The molecule has 1 N–H and O–H groups in total. The summed E-state index contributed by atoms with van der Waals surface area (Å²) in [6.07, 6.45) is 6.95. The van der Waals surface area contributed by atoms with E-state index in [2.05, 4.69) is 51.9 Å². The fourth-order valence-electron chi connectivity index (χ4n) is 5.03. The van der Waals surface area contributed by atoms with Gasteiger partial charge in [-0.3, -0.25) is 4.90 Å². The maximum absolute atomic E-state index is 3.63. The van der Waals surface area contributed by atoms with Crippen molar-refractivity contribution < 1.29 is 0 Å². The summed E-state index contributed by atoms with van der Waals surface area (Å²) in [6.45, 7) is 14.8. The van der Waals surface area contributed by atoms with Crippen molar-refractivity contribution in [2.75, 3.05) is 20.1 Å². The molecule has 21 heavy (non-hydrogen) atoms. The van der Waals surface area contributed by atoms with Gasteiger partial charge in [-0.25, -0.2) is 0 Å². The Kier molecular flexibility index (Phi) is 5.76. The van der Waals surface area contributed by atoms with Crippen LogP contribution >= 0.6 is 0 Å². The van der Waals surface area contributed by atoms with Crippen molar-refractivity contribution in [3.8, 4) is 0 Å². The molecule has 0 aromatic heterocycles. The van der Waals surface area contributed by atoms with E-state index < -0.39 is 0 Å². The van der Waals surface area contributed by atoms with Gasteiger partial charge in [-0.1, -0.05) is 34.6 Å². The van der Waals surface area contributed by atoms with Crippen LogP contribution in [-0.4, -0.2) is 37.1 Å². The van der Waals surface area contributed by atoms with E-state index in [1.165, 1.54) is 45.2 Å². The lowest BCUT2D eigenvalue weighted by molar-refractivity contribution is 0.0641. The first-order valence-corrected chi connectivity index (χ1v) is 9.24. The van der Waals surface area contributed by atoms with Crippen LogP contribution < -0.4 is 5.32 Å². The lowest BCUT2D eigenvalue weighted by Gasteiger charge is -2.45. The van der Waals surface area contributed by atoms with Crippen molar-refractivity contribution in [3.63, 3.8) is 0 Å². The summed E-state index contributed by atoms with van der Waals surface area (Å²) in [4.78, 5) is 2.84. The van der Waals surface area contributed by atoms with Crippen LogP contribution in [-0.2, 0) is 0 Å². The molecule has 2 aliphatic rings. The molecule has 2 heteroatoms. The summed E-state index contributed by atoms with van der Waals surface area (Å²) in [5.41, 5.74) is 0.477. The van der Waals surface area contributed by atoms with Crippen LogP contribution in [0.4, 0.5) is 0 Å². The summed E-state index contributed by atoms with van der Waals surface area (Å²) in [6, 6.07) is 1.44. The highest BCUT2D eigenvalue weighted by atomic mass is 15.2. The van der Waals surface area contributed by atoms with Gasteiger partial charge < -0.3 is 5.32 Å². The lowest BCUT2D eigenvalue weighted by Crippen LogP contribution is -2.56. The third-order valence-corrected chi connectivity index (χ3v) is 6.21. The standard InChI is InChI=1S/C19H38N2/c1-14-12-15(2)18(17(13-14)20-6)21-10-7-8-16(9-11-21)19(3,4)5/h14-18,20H,7-13H2,1-6H3. The second-order valence-corrected chi connectivity index (χ2v) is 8.97. The maximum atomic E-state index is 3.63. The Morgan fingerprint density at radius 2 is 1.71 bits per heavy atom. The summed E-state index contributed by atoms with van der Waals surface area (Å²) in [5, 5.41) is 3.63. The highest BCUT2D eigenvalue weighted by Gasteiger charge is 2.38. The molecule has 0 aromatic rings. The van der Waals surface area contributed by atoms with Gasteiger partial charge in [0.2, 0.25) is 0 Å². The average molecular weight is 295 g/mol. The van der Waals surface area contributed by atoms with Crippen molar-refractivity contribution in [2.24, 2.45) is 23.2 Å². The molecule has 1 aliphatic carbocycles. The Bertz CT molecular complexity index is 320. The van der Waals surface area contributed by atoms with Gasteiger partial charge in [0, 0.05) is 12.1 Å². The van der Waals surface area contributed by atoms with Crippen LogP contribution in [0.25, 0.3) is 0 Å². The van der Waals surface area contributed by atoms with Crippen molar-refractivity contribution in [1.82, 2.24) is 10.2 Å². The molecule has 2 fully saturated rings. The van der Waals surface area contributed by atoms with Crippen LogP contribution in [0.1, 0.15) is 66.7 Å². The normalized spacial score (nSPS) is 40.0. The molecule has 2 rings (SSSR count). The maximum Gasteiger partial charge on any atom is 0.0274 e. The first kappa shape index (κ1) is 17.3. The Hall–Kier alpha value is -0.0800. The molecule has 0 bridgehead atoms. The first-order valence-electron chi connectivity index (χ1n) is 9.24. The van der Waals surface area contributed by atoms with E-state index in [4.69, 9.17) is 0 Å². The summed E-state index contributed by atoms with van der Waals surface area (Å²) in [5.74, 6) is 2.61. The van der Waals surface area contributed by atoms with Gasteiger partial charge in [-0.05, 0) is 75.4 Å². The smallest absolute Gasteiger partial charge is 0.0274 e. The number of likely N-dealkylation sites (tertiary alicyclic amines) is 1. The molecule has 2 nitrogen and oxygen atoms in total. The topological polar surface area (TPSA) is 15.3 Å². The predicted octanol–water partition coefficient (Wildman–Crippen LogP) is 4.16. The van der Waals surface area contributed by atoms with Gasteiger partial charge in [-0.2, -0.15) is 0 Å². The molecule has 124 valence electrons. The number of rotatable bonds is 2. The molecule has 1 saturated heterocycles. The molecule has 5 unspecified atom stereocenters. The zero-order valence-electron chi connectivity index (χ0n) is 15.3. The fraction of sp³-hybridized carbons (Fsp3) is 1.00. The number of nitrogens with one attached hydrogen (secondary N) is 1. The van der Waals surface area contributed by atoms with Crippen LogP contribution in [0.5, 0.6) is 0 Å². The largest absolute Gasteiger partial charge is 0.315 e. The molecule has 1 aliphatic heterocycles. The highest BCUT2D eigenvalue weighted by molar-refractivity contribution is 4.94. The Morgan fingerprint density at radius 3 is 2.33 bits per heavy atom. The zero-order chi connectivity index (χ0) is 15.6. The van der Waals surface area contributed by atoms with E-state index in [0.29, 0.717) is 11.5 Å². The second kappa shape index (κ2) is 7.00. The number of likely N-dealkylation sites (N-methyl/N-ethyl adjacent to an activating group) is 1. The summed E-state index contributed by atoms with van der Waals surface area (Å²) in [7, 11) is 2.16. The number of hydrogen-bond acceptors (Lipinski definition) is 2. The van der Waals surface area contributed by atoms with E-state index in [0.717, 1.165) is 23.8 Å². The van der Waals surface area contributed by atoms with Crippen molar-refractivity contribution >= 4 is 0 Å². The van der Waals surface area contributed by atoms with Crippen molar-refractivity contribution in [1.29, 1.82) is 0 Å². The Balaban J connectivity index is 2.03. The third kappa shape index (κ3) is 4.22. The van der Waals surface area contributed by atoms with E-state index in [1.807, 2.05) is 0 Å². The van der Waals surface area contributed by atoms with Gasteiger partial charge in [-0.15, -0.1) is 0 Å². The van der Waals surface area contributed by atoms with E-state index in [-0.39, 0.29) is 0 Å². The molecular weight excluding hydrogens is 256 g/mol. The quantitative estimate of drug-likeness (QED) is 0.823. The Labute approximate surface area is 133 Å². The Morgan fingerprint density at radius 1 is 1.00 bits per heavy atom. The molecule has 1 saturated carbocycles. The molecule has 0 amide bonds. The predicted molar refractivity (Wildman–Crippen MR) is 92.6 cm³/mol. The minimum Gasteiger partial charge on any atom is -0.315 e. The minimum absolute atomic E-state index is 0.477. The summed E-state index contributed by atoms with van der Waals surface area (Å²) < 4.78 is 0. The molecule has 0 aromatic carbocycles. The van der Waals surface area contributed by atoms with Crippen LogP contribution in [0.3, 0.4) is 0 Å². The number of hydrogen-bond donors (Lipinski definition) is 1. The molecule has 0 spiro atoms. The molecule has 1 heterocycles. The average Bonchev–Trinajstić information content (AvgIpc) is 2.63. The van der Waals surface area contributed by atoms with Crippen molar-refractivity contribution in [2.45, 2.75) is 78.8 Å². The second-order valence-electron chi connectivity index (χ2n) is 8.97. The monoisotopic (exact) mass is 294 g/mol. The van der Waals surface area contributed by atoms with E-state index in [9.17, 15) is 0 Å². The SMILES string of the molecule is CNC1CC(C)CC(C)C1N1CCCC(C(C)(C)C)CC1. The van der Waals surface area contributed by atoms with E-state index >= 15 is 0 Å². The van der Waals surface area contributed by atoms with Gasteiger partial charge in [0.1, 0.15) is 0 Å². The first-order chi connectivity index (χ1) is 9.82. The number of nitrogens with zero attached hydrogens (tertiary/aromatic N) is 1. The lowest BCUT2D eigenvalue weighted by atomic mass is 9.75. The molecular formula is C19H38N2. The molecule has 5 atom stereocenters. The van der Waals surface area contributed by atoms with Gasteiger partial charge in [0.25, 0.3) is 0 Å². The van der Waals surface area contributed by atoms with Gasteiger partial charge in [0.05, 0.1) is 0 Å².